The lowest BCUT2D eigenvalue weighted by Crippen LogP contribution is -3.11. The second-order valence-corrected chi connectivity index (χ2v) is 5.85. The average Bonchev–Trinajstić information content (AvgIpc) is 2.32. The van der Waals surface area contributed by atoms with Gasteiger partial charge in [-0.15, -0.1) is 0 Å². The molecule has 5 nitrogen and oxygen atoms in total. The van der Waals surface area contributed by atoms with Crippen LogP contribution in [0.15, 0.2) is 18.2 Å². The van der Waals surface area contributed by atoms with Gasteiger partial charge in [0.05, 0.1) is 7.05 Å². The maximum absolute atomic E-state index is 12.1. The summed E-state index contributed by atoms with van der Waals surface area (Å²) >= 11 is 0. The summed E-state index contributed by atoms with van der Waals surface area (Å²) in [5, 5.41) is 5.76. The van der Waals surface area contributed by atoms with Gasteiger partial charge in [-0.1, -0.05) is 18.2 Å². The first-order valence-corrected chi connectivity index (χ1v) is 7.26. The third-order valence-electron chi connectivity index (χ3n) is 3.12. The van der Waals surface area contributed by atoms with E-state index in [1.165, 1.54) is 0 Å². The predicted octanol–water partition coefficient (Wildman–Crippen LogP) is 0.281. The molecule has 0 radical (unpaired) electrons. The summed E-state index contributed by atoms with van der Waals surface area (Å²) in [6.45, 7) is 8.32. The van der Waals surface area contributed by atoms with Crippen LogP contribution in [-0.2, 0) is 9.59 Å². The summed E-state index contributed by atoms with van der Waals surface area (Å²) in [6.07, 6.45) is 0. The summed E-state index contributed by atoms with van der Waals surface area (Å²) in [7, 11) is 1.84. The van der Waals surface area contributed by atoms with Gasteiger partial charge >= 0.3 is 0 Å². The molecule has 1 rings (SSSR count). The van der Waals surface area contributed by atoms with Crippen LogP contribution in [0.4, 0.5) is 5.69 Å². The third-order valence-corrected chi connectivity index (χ3v) is 3.12. The molecule has 0 heterocycles. The quantitative estimate of drug-likeness (QED) is 0.705. The molecular weight excluding hydrogens is 266 g/mol. The highest BCUT2D eigenvalue weighted by Gasteiger charge is 2.15. The highest BCUT2D eigenvalue weighted by Crippen LogP contribution is 2.18. The highest BCUT2D eigenvalue weighted by molar-refractivity contribution is 5.93. The average molecular weight is 292 g/mol. The number of hydrogen-bond donors (Lipinski definition) is 3. The van der Waals surface area contributed by atoms with Crippen LogP contribution in [0.2, 0.25) is 0 Å². The molecule has 2 amide bonds. The Balaban J connectivity index is 2.52. The molecule has 0 saturated heterocycles. The number of quaternary nitrogens is 1. The fraction of sp³-hybridized carbons (Fsp3) is 0.500. The van der Waals surface area contributed by atoms with Crippen molar-refractivity contribution in [1.82, 2.24) is 5.32 Å². The van der Waals surface area contributed by atoms with E-state index >= 15 is 0 Å². The molecular formula is C16H26N3O2+. The van der Waals surface area contributed by atoms with Gasteiger partial charge in [-0.05, 0) is 38.8 Å². The molecule has 21 heavy (non-hydrogen) atoms. The molecule has 0 aliphatic heterocycles. The fourth-order valence-corrected chi connectivity index (χ4v) is 2.18. The van der Waals surface area contributed by atoms with Crippen molar-refractivity contribution in [3.8, 4) is 0 Å². The zero-order valence-electron chi connectivity index (χ0n) is 13.5. The van der Waals surface area contributed by atoms with E-state index in [1.807, 2.05) is 52.9 Å². The molecule has 0 fully saturated rings. The second-order valence-electron chi connectivity index (χ2n) is 5.85. The zero-order chi connectivity index (χ0) is 16.0. The lowest BCUT2D eigenvalue weighted by atomic mass is 10.1. The number of rotatable bonds is 6. The van der Waals surface area contributed by atoms with Gasteiger partial charge in [0.2, 0.25) is 0 Å². The molecule has 5 heteroatoms. The Morgan fingerprint density at radius 3 is 2.14 bits per heavy atom. The Kier molecular flexibility index (Phi) is 6.37. The molecule has 116 valence electrons. The van der Waals surface area contributed by atoms with Crippen LogP contribution in [0.3, 0.4) is 0 Å². The van der Waals surface area contributed by atoms with E-state index in [4.69, 9.17) is 0 Å². The van der Waals surface area contributed by atoms with Gasteiger partial charge < -0.3 is 15.5 Å². The number of amides is 2. The van der Waals surface area contributed by atoms with E-state index in [1.54, 1.807) is 0 Å². The smallest absolute Gasteiger partial charge is 0.279 e. The largest absolute Gasteiger partial charge is 0.349 e. The van der Waals surface area contributed by atoms with Crippen LogP contribution in [0, 0.1) is 13.8 Å². The van der Waals surface area contributed by atoms with Crippen molar-refractivity contribution in [2.45, 2.75) is 33.7 Å². The molecule has 0 aliphatic carbocycles. The number of para-hydroxylation sites is 1. The van der Waals surface area contributed by atoms with Gasteiger partial charge in [0.1, 0.15) is 0 Å². The normalized spacial score (nSPS) is 12.1. The Hall–Kier alpha value is -1.88. The third kappa shape index (κ3) is 5.95. The molecule has 3 N–H and O–H groups in total. The van der Waals surface area contributed by atoms with Crippen molar-refractivity contribution in [3.63, 3.8) is 0 Å². The van der Waals surface area contributed by atoms with Gasteiger partial charge in [-0.2, -0.15) is 0 Å². The second kappa shape index (κ2) is 7.78. The van der Waals surface area contributed by atoms with E-state index < -0.39 is 0 Å². The molecule has 0 aromatic heterocycles. The molecule has 0 bridgehead atoms. The fourth-order valence-electron chi connectivity index (χ4n) is 2.18. The van der Waals surface area contributed by atoms with E-state index in [0.29, 0.717) is 6.54 Å². The number of nitrogens with one attached hydrogen (secondary N) is 3. The first kappa shape index (κ1) is 17.2. The number of aryl methyl sites for hydroxylation is 2. The minimum atomic E-state index is -0.0813. The highest BCUT2D eigenvalue weighted by atomic mass is 16.2. The van der Waals surface area contributed by atoms with Crippen molar-refractivity contribution in [2.75, 3.05) is 25.5 Å². The van der Waals surface area contributed by atoms with Gasteiger partial charge in [0, 0.05) is 11.7 Å². The minimum absolute atomic E-state index is 0.0395. The van der Waals surface area contributed by atoms with Crippen molar-refractivity contribution >= 4 is 17.5 Å². The summed E-state index contributed by atoms with van der Waals surface area (Å²) in [4.78, 5) is 24.6. The van der Waals surface area contributed by atoms with E-state index in [-0.39, 0.29) is 24.4 Å². The Morgan fingerprint density at radius 1 is 1.10 bits per heavy atom. The van der Waals surface area contributed by atoms with Gasteiger partial charge in [0.15, 0.2) is 13.1 Å². The lowest BCUT2D eigenvalue weighted by Gasteiger charge is -2.16. The number of benzene rings is 1. The SMILES string of the molecule is Cc1cccc(C)c1NC(=O)C[NH+](C)CC(=O)NC(C)C. The maximum Gasteiger partial charge on any atom is 0.279 e. The number of carbonyl (C=O) groups excluding carboxylic acids is 2. The van der Waals surface area contributed by atoms with Crippen LogP contribution in [0.25, 0.3) is 0 Å². The minimum Gasteiger partial charge on any atom is -0.349 e. The molecule has 1 unspecified atom stereocenters. The number of carbonyl (C=O) groups is 2. The molecule has 1 aromatic rings. The van der Waals surface area contributed by atoms with Crippen LogP contribution in [-0.4, -0.2) is 38.0 Å². The van der Waals surface area contributed by atoms with Gasteiger partial charge in [-0.25, -0.2) is 0 Å². The summed E-state index contributed by atoms with van der Waals surface area (Å²) in [5.41, 5.74) is 2.94. The molecule has 0 spiro atoms. The summed E-state index contributed by atoms with van der Waals surface area (Å²) in [6, 6.07) is 6.02. The van der Waals surface area contributed by atoms with E-state index in [2.05, 4.69) is 10.6 Å². The lowest BCUT2D eigenvalue weighted by molar-refractivity contribution is -0.862. The van der Waals surface area contributed by atoms with Gasteiger partial charge in [-0.3, -0.25) is 9.59 Å². The summed E-state index contributed by atoms with van der Waals surface area (Å²) < 4.78 is 0. The topological polar surface area (TPSA) is 62.6 Å². The maximum atomic E-state index is 12.1. The number of hydrogen-bond acceptors (Lipinski definition) is 2. The monoisotopic (exact) mass is 292 g/mol. The molecule has 1 atom stereocenters. The first-order valence-electron chi connectivity index (χ1n) is 7.26. The van der Waals surface area contributed by atoms with Crippen LogP contribution in [0.5, 0.6) is 0 Å². The van der Waals surface area contributed by atoms with Crippen molar-refractivity contribution in [3.05, 3.63) is 29.3 Å². The van der Waals surface area contributed by atoms with Crippen LogP contribution < -0.4 is 15.5 Å². The zero-order valence-corrected chi connectivity index (χ0v) is 13.5. The van der Waals surface area contributed by atoms with Crippen LogP contribution >= 0.6 is 0 Å². The van der Waals surface area contributed by atoms with Crippen molar-refractivity contribution in [2.24, 2.45) is 0 Å². The Morgan fingerprint density at radius 2 is 1.62 bits per heavy atom. The Bertz CT molecular complexity index is 492. The van der Waals surface area contributed by atoms with Crippen LogP contribution in [0.1, 0.15) is 25.0 Å². The van der Waals surface area contributed by atoms with Crippen molar-refractivity contribution in [1.29, 1.82) is 0 Å². The standard InChI is InChI=1S/C16H25N3O2/c1-11(2)17-14(20)9-19(5)10-15(21)18-16-12(3)7-6-8-13(16)4/h6-8,11H,9-10H2,1-5H3,(H,17,20)(H,18,21)/p+1. The van der Waals surface area contributed by atoms with Gasteiger partial charge in [0.25, 0.3) is 11.8 Å². The predicted molar refractivity (Wildman–Crippen MR) is 84.4 cm³/mol. The van der Waals surface area contributed by atoms with E-state index in [9.17, 15) is 9.59 Å². The molecule has 0 aliphatic rings. The molecule has 1 aromatic carbocycles. The Labute approximate surface area is 126 Å². The van der Waals surface area contributed by atoms with Crippen molar-refractivity contribution < 1.29 is 14.5 Å². The number of anilines is 1. The first-order chi connectivity index (χ1) is 9.79. The molecule has 0 saturated carbocycles. The number of likely N-dealkylation sites (N-methyl/N-ethyl adjacent to an activating group) is 1. The van der Waals surface area contributed by atoms with E-state index in [0.717, 1.165) is 21.7 Å². The summed E-state index contributed by atoms with van der Waals surface area (Å²) in [5.74, 6) is -0.121.